The van der Waals surface area contributed by atoms with Crippen LogP contribution in [-0.4, -0.2) is 41.1 Å². The maximum absolute atomic E-state index is 11.8. The molecule has 0 atom stereocenters. The molecule has 2 aliphatic rings. The molecule has 1 aromatic carbocycles. The summed E-state index contributed by atoms with van der Waals surface area (Å²) >= 11 is 0. The molecular weight excluding hydrogens is 394 g/mol. The van der Waals surface area contributed by atoms with Crippen LogP contribution >= 0.6 is 0 Å². The molecule has 0 saturated heterocycles. The first kappa shape index (κ1) is 21.5. The number of aromatic carboxylic acids is 1. The molecule has 0 unspecified atom stereocenters. The number of methoxy groups -OCH3 is 1. The molecule has 164 valence electrons. The summed E-state index contributed by atoms with van der Waals surface area (Å²) in [5.41, 5.74) is 1.98. The molecule has 1 heterocycles. The number of para-hydroxylation sites is 1. The van der Waals surface area contributed by atoms with Crippen molar-refractivity contribution in [3.05, 3.63) is 47.7 Å². The van der Waals surface area contributed by atoms with Crippen LogP contribution in [-0.2, 0) is 4.74 Å². The van der Waals surface area contributed by atoms with Crippen molar-refractivity contribution >= 4 is 23.2 Å². The molecule has 7 heteroatoms. The van der Waals surface area contributed by atoms with Gasteiger partial charge in [-0.3, -0.25) is 5.32 Å². The van der Waals surface area contributed by atoms with E-state index in [1.165, 1.54) is 6.07 Å². The van der Waals surface area contributed by atoms with E-state index in [0.29, 0.717) is 22.8 Å². The van der Waals surface area contributed by atoms with E-state index in [2.05, 4.69) is 4.98 Å². The van der Waals surface area contributed by atoms with Crippen molar-refractivity contribution in [1.82, 2.24) is 4.98 Å². The van der Waals surface area contributed by atoms with Gasteiger partial charge in [-0.15, -0.1) is 0 Å². The van der Waals surface area contributed by atoms with E-state index in [0.717, 1.165) is 50.6 Å². The number of nitrogens with two attached hydrogens (primary N) is 1. The first-order valence-electron chi connectivity index (χ1n) is 11.0. The number of ether oxygens (including phenoxy) is 2. The fourth-order valence-corrected chi connectivity index (χ4v) is 4.29. The van der Waals surface area contributed by atoms with Gasteiger partial charge in [0.25, 0.3) is 0 Å². The maximum atomic E-state index is 11.8. The predicted octanol–water partition coefficient (Wildman–Crippen LogP) is 3.81. The van der Waals surface area contributed by atoms with Crippen LogP contribution in [0.3, 0.4) is 0 Å². The summed E-state index contributed by atoms with van der Waals surface area (Å²) in [4.78, 5) is 16.2. The van der Waals surface area contributed by atoms with Crippen molar-refractivity contribution in [2.75, 3.05) is 7.11 Å². The van der Waals surface area contributed by atoms with Gasteiger partial charge >= 0.3 is 5.97 Å². The van der Waals surface area contributed by atoms with Crippen LogP contribution in [0.25, 0.3) is 0 Å². The largest absolute Gasteiger partial charge is 0.489 e. The van der Waals surface area contributed by atoms with E-state index >= 15 is 0 Å². The van der Waals surface area contributed by atoms with Crippen LogP contribution in [0.5, 0.6) is 5.75 Å². The van der Waals surface area contributed by atoms with Gasteiger partial charge in [-0.25, -0.2) is 4.79 Å². The van der Waals surface area contributed by atoms with Gasteiger partial charge in [-0.05, 0) is 50.7 Å². The molecule has 2 saturated carbocycles. The Morgan fingerprint density at radius 1 is 1.10 bits per heavy atom. The minimum absolute atomic E-state index is 0.0204. The summed E-state index contributed by atoms with van der Waals surface area (Å²) in [6, 6.07) is 11.2. The molecule has 0 bridgehead atoms. The first-order chi connectivity index (χ1) is 15.0. The number of carboxylic acids is 1. The molecule has 2 aromatic rings. The molecule has 2 fully saturated rings. The smallest absolute Gasteiger partial charge is 0.354 e. The zero-order valence-corrected chi connectivity index (χ0v) is 17.8. The fraction of sp³-hybridized carbons (Fsp3) is 0.458. The van der Waals surface area contributed by atoms with E-state index in [1.807, 2.05) is 35.6 Å². The standard InChI is InChI=1S/C24H29N3O4/c1-30-17-10-12-18(13-11-17)31-20-14-19(24(28)29)27-23(26-16-8-3-2-4-9-16)21(20)22(25)15-6-5-7-15/h2-4,8-9,14-15,17-18,25H,5-7,10-13H2,1H3,(H,26,27)(H,28,29)/p+1. The first-order valence-corrected chi connectivity index (χ1v) is 11.0. The Hall–Kier alpha value is -2.77. The summed E-state index contributed by atoms with van der Waals surface area (Å²) in [5, 5.41) is 20.4. The summed E-state index contributed by atoms with van der Waals surface area (Å²) in [6.07, 6.45) is 6.81. The van der Waals surface area contributed by atoms with E-state index in [4.69, 9.17) is 14.9 Å². The number of hydrogen-bond acceptors (Lipinski definition) is 5. The highest BCUT2D eigenvalue weighted by Crippen LogP contribution is 2.36. The monoisotopic (exact) mass is 424 g/mol. The second-order valence-corrected chi connectivity index (χ2v) is 8.42. The summed E-state index contributed by atoms with van der Waals surface area (Å²) < 4.78 is 11.8. The summed E-state index contributed by atoms with van der Waals surface area (Å²) in [5.74, 6) is 0.0280. The van der Waals surface area contributed by atoms with Crippen molar-refractivity contribution in [2.45, 2.75) is 57.2 Å². The van der Waals surface area contributed by atoms with E-state index in [1.54, 1.807) is 7.11 Å². The zero-order valence-electron chi connectivity index (χ0n) is 17.8. The Kier molecular flexibility index (Phi) is 6.63. The molecule has 0 aliphatic heterocycles. The van der Waals surface area contributed by atoms with Crippen LogP contribution < -0.4 is 10.1 Å². The molecule has 0 amide bonds. The summed E-state index contributed by atoms with van der Waals surface area (Å²) in [7, 11) is 1.73. The number of aromatic nitrogens is 1. The van der Waals surface area contributed by atoms with Gasteiger partial charge < -0.3 is 20.0 Å². The maximum Gasteiger partial charge on any atom is 0.354 e. The van der Waals surface area contributed by atoms with Crippen LogP contribution in [0.1, 0.15) is 61.0 Å². The highest BCUT2D eigenvalue weighted by Gasteiger charge is 2.32. The normalized spacial score (nSPS) is 21.3. The minimum atomic E-state index is -1.10. The minimum Gasteiger partial charge on any atom is -0.489 e. The third-order valence-corrected chi connectivity index (χ3v) is 6.36. The van der Waals surface area contributed by atoms with E-state index in [-0.39, 0.29) is 23.8 Å². The van der Waals surface area contributed by atoms with E-state index in [9.17, 15) is 9.90 Å². The second-order valence-electron chi connectivity index (χ2n) is 8.42. The number of rotatable bonds is 8. The van der Waals surface area contributed by atoms with Crippen molar-refractivity contribution in [3.8, 4) is 5.75 Å². The van der Waals surface area contributed by atoms with Crippen LogP contribution in [0.4, 0.5) is 11.5 Å². The van der Waals surface area contributed by atoms with Gasteiger partial charge in [-0.1, -0.05) is 24.6 Å². The van der Waals surface area contributed by atoms with Crippen LogP contribution in [0, 0.1) is 11.3 Å². The van der Waals surface area contributed by atoms with Gasteiger partial charge in [0, 0.05) is 19.1 Å². The lowest BCUT2D eigenvalue weighted by Crippen LogP contribution is -2.72. The van der Waals surface area contributed by atoms with Crippen molar-refractivity contribution in [3.63, 3.8) is 0 Å². The lowest BCUT2D eigenvalue weighted by molar-refractivity contribution is -0.483. The highest BCUT2D eigenvalue weighted by atomic mass is 16.5. The quantitative estimate of drug-likeness (QED) is 0.441. The molecule has 0 spiro atoms. The van der Waals surface area contributed by atoms with Gasteiger partial charge in [0.05, 0.1) is 17.9 Å². The molecular formula is C24H30N3O4+. The Bertz CT molecular complexity index is 935. The van der Waals surface area contributed by atoms with Crippen molar-refractivity contribution in [1.29, 1.82) is 5.41 Å². The zero-order chi connectivity index (χ0) is 21.8. The van der Waals surface area contributed by atoms with Gasteiger partial charge in [0.2, 0.25) is 5.82 Å². The Morgan fingerprint density at radius 2 is 1.77 bits per heavy atom. The molecule has 1 aromatic heterocycles. The molecule has 2 aliphatic carbocycles. The number of hydrogen-bond donors (Lipinski definition) is 3. The second kappa shape index (κ2) is 9.58. The topological polar surface area (TPSA) is 109 Å². The molecule has 31 heavy (non-hydrogen) atoms. The van der Waals surface area contributed by atoms with Gasteiger partial charge in [0.15, 0.2) is 5.69 Å². The SMILES string of the molecule is COC1CCC(Oc2cc(C(=O)O)nc([NH2+]c3ccccc3)c2C(=N)C2CCC2)CC1. The predicted molar refractivity (Wildman–Crippen MR) is 117 cm³/mol. The van der Waals surface area contributed by atoms with Crippen molar-refractivity contribution in [2.24, 2.45) is 5.92 Å². The number of nitrogens with one attached hydrogen (secondary N) is 1. The van der Waals surface area contributed by atoms with Crippen LogP contribution in [0.15, 0.2) is 36.4 Å². The summed E-state index contributed by atoms with van der Waals surface area (Å²) in [6.45, 7) is 0. The average Bonchev–Trinajstić information content (AvgIpc) is 2.73. The average molecular weight is 425 g/mol. The molecule has 7 nitrogen and oxygen atoms in total. The van der Waals surface area contributed by atoms with Gasteiger partial charge in [-0.2, -0.15) is 4.98 Å². The third kappa shape index (κ3) is 4.94. The number of pyridine rings is 1. The lowest BCUT2D eigenvalue weighted by atomic mass is 9.79. The molecule has 4 rings (SSSR count). The van der Waals surface area contributed by atoms with E-state index < -0.39 is 5.97 Å². The lowest BCUT2D eigenvalue weighted by Gasteiger charge is -2.30. The number of carboxylic acid groups (broad SMARTS) is 1. The third-order valence-electron chi connectivity index (χ3n) is 6.36. The number of benzene rings is 1. The molecule has 0 radical (unpaired) electrons. The Balaban J connectivity index is 1.71. The van der Waals surface area contributed by atoms with Crippen LogP contribution in [0.2, 0.25) is 0 Å². The highest BCUT2D eigenvalue weighted by molar-refractivity contribution is 6.06. The number of carbonyl (C=O) groups is 1. The molecule has 4 N–H and O–H groups in total. The van der Waals surface area contributed by atoms with Gasteiger partial charge in [0.1, 0.15) is 17.0 Å². The Labute approximate surface area is 182 Å². The van der Waals surface area contributed by atoms with Crippen molar-refractivity contribution < 1.29 is 24.7 Å². The fourth-order valence-electron chi connectivity index (χ4n) is 4.29. The Morgan fingerprint density at radius 3 is 2.35 bits per heavy atom. The number of quaternary nitrogens is 1. The number of nitrogens with zero attached hydrogens (tertiary/aromatic N) is 1.